The molecule has 3 nitrogen and oxygen atoms in total. The van der Waals surface area contributed by atoms with Gasteiger partial charge in [0.05, 0.1) is 0 Å². The summed E-state index contributed by atoms with van der Waals surface area (Å²) >= 11 is 2.00. The van der Waals surface area contributed by atoms with Crippen molar-refractivity contribution in [2.75, 3.05) is 24.6 Å². The molecule has 2 rings (SSSR count). The number of piperidine rings is 1. The van der Waals surface area contributed by atoms with Gasteiger partial charge in [0.15, 0.2) is 0 Å². The summed E-state index contributed by atoms with van der Waals surface area (Å²) in [7, 11) is 0. The molecule has 1 amide bonds. The van der Waals surface area contributed by atoms with Crippen LogP contribution in [-0.2, 0) is 4.79 Å². The standard InChI is InChI=1S/C14H26N2OS/c1-11(12-2-6-15-7-3-12)10-14(17)16-13-4-8-18-9-5-13/h11-13,15H,2-10H2,1H3,(H,16,17). The molecule has 2 aliphatic heterocycles. The van der Waals surface area contributed by atoms with E-state index in [1.165, 1.54) is 24.3 Å². The van der Waals surface area contributed by atoms with Crippen molar-refractivity contribution in [1.29, 1.82) is 0 Å². The molecule has 0 aliphatic carbocycles. The average molecular weight is 270 g/mol. The number of carbonyl (C=O) groups excluding carboxylic acids is 1. The molecule has 0 spiro atoms. The van der Waals surface area contributed by atoms with Gasteiger partial charge >= 0.3 is 0 Å². The number of rotatable bonds is 4. The minimum absolute atomic E-state index is 0.276. The summed E-state index contributed by atoms with van der Waals surface area (Å²) in [6.07, 6.45) is 5.48. The van der Waals surface area contributed by atoms with Crippen LogP contribution in [0.5, 0.6) is 0 Å². The molecule has 1 unspecified atom stereocenters. The first-order valence-corrected chi connectivity index (χ1v) is 8.49. The summed E-state index contributed by atoms with van der Waals surface area (Å²) in [5.41, 5.74) is 0. The van der Waals surface area contributed by atoms with Crippen molar-refractivity contribution in [2.24, 2.45) is 11.8 Å². The molecule has 0 bridgehead atoms. The van der Waals surface area contributed by atoms with Gasteiger partial charge in [-0.15, -0.1) is 0 Å². The summed E-state index contributed by atoms with van der Waals surface area (Å²) in [5, 5.41) is 6.61. The Morgan fingerprint density at radius 1 is 1.28 bits per heavy atom. The third kappa shape index (κ3) is 4.47. The van der Waals surface area contributed by atoms with Crippen LogP contribution < -0.4 is 10.6 Å². The molecule has 0 saturated carbocycles. The SMILES string of the molecule is CC(CC(=O)NC1CCSCC1)C1CCNCC1. The highest BCUT2D eigenvalue weighted by atomic mass is 32.2. The van der Waals surface area contributed by atoms with E-state index in [4.69, 9.17) is 0 Å². The maximum atomic E-state index is 12.0. The molecule has 0 radical (unpaired) electrons. The Kier molecular flexibility index (Phi) is 5.83. The van der Waals surface area contributed by atoms with Gasteiger partial charge in [0, 0.05) is 12.5 Å². The zero-order valence-corrected chi connectivity index (χ0v) is 12.2. The van der Waals surface area contributed by atoms with Crippen LogP contribution in [0.4, 0.5) is 0 Å². The van der Waals surface area contributed by atoms with Crippen LogP contribution in [0.25, 0.3) is 0 Å². The second-order valence-corrected chi connectivity index (χ2v) is 6.95. The number of amides is 1. The second-order valence-electron chi connectivity index (χ2n) is 5.72. The summed E-state index contributed by atoms with van der Waals surface area (Å²) in [6, 6.07) is 0.443. The highest BCUT2D eigenvalue weighted by Gasteiger charge is 2.23. The van der Waals surface area contributed by atoms with E-state index in [9.17, 15) is 4.79 Å². The van der Waals surface area contributed by atoms with Gasteiger partial charge < -0.3 is 10.6 Å². The van der Waals surface area contributed by atoms with Crippen LogP contribution in [0.15, 0.2) is 0 Å². The Bertz CT molecular complexity index is 261. The third-order valence-corrected chi connectivity index (χ3v) is 5.33. The Morgan fingerprint density at radius 3 is 2.61 bits per heavy atom. The largest absolute Gasteiger partial charge is 0.353 e. The van der Waals surface area contributed by atoms with E-state index in [0.29, 0.717) is 18.4 Å². The number of nitrogens with one attached hydrogen (secondary N) is 2. The smallest absolute Gasteiger partial charge is 0.220 e. The van der Waals surface area contributed by atoms with E-state index in [1.54, 1.807) is 0 Å². The lowest BCUT2D eigenvalue weighted by Gasteiger charge is -2.29. The fourth-order valence-electron chi connectivity index (χ4n) is 3.00. The predicted molar refractivity (Wildman–Crippen MR) is 77.9 cm³/mol. The minimum atomic E-state index is 0.276. The molecule has 18 heavy (non-hydrogen) atoms. The molecular formula is C14H26N2OS. The molecule has 104 valence electrons. The van der Waals surface area contributed by atoms with Crippen molar-refractivity contribution in [2.45, 2.75) is 45.1 Å². The van der Waals surface area contributed by atoms with Crippen LogP contribution in [-0.4, -0.2) is 36.5 Å². The van der Waals surface area contributed by atoms with Gasteiger partial charge in [0.2, 0.25) is 5.91 Å². The molecule has 2 fully saturated rings. The highest BCUT2D eigenvalue weighted by Crippen LogP contribution is 2.24. The van der Waals surface area contributed by atoms with Gasteiger partial charge in [0.25, 0.3) is 0 Å². The molecule has 0 aromatic rings. The molecule has 1 atom stereocenters. The van der Waals surface area contributed by atoms with Crippen molar-refractivity contribution in [3.8, 4) is 0 Å². The lowest BCUT2D eigenvalue weighted by atomic mass is 9.84. The second kappa shape index (κ2) is 7.39. The van der Waals surface area contributed by atoms with Gasteiger partial charge in [-0.25, -0.2) is 0 Å². The van der Waals surface area contributed by atoms with E-state index < -0.39 is 0 Å². The third-order valence-electron chi connectivity index (χ3n) is 4.28. The van der Waals surface area contributed by atoms with E-state index in [-0.39, 0.29) is 5.91 Å². The minimum Gasteiger partial charge on any atom is -0.353 e. The number of hydrogen-bond acceptors (Lipinski definition) is 3. The summed E-state index contributed by atoms with van der Waals surface area (Å²) in [5.74, 6) is 3.95. The Morgan fingerprint density at radius 2 is 1.94 bits per heavy atom. The fourth-order valence-corrected chi connectivity index (χ4v) is 4.11. The fraction of sp³-hybridized carbons (Fsp3) is 0.929. The van der Waals surface area contributed by atoms with Crippen molar-refractivity contribution in [3.05, 3.63) is 0 Å². The molecule has 0 aromatic heterocycles. The molecule has 2 saturated heterocycles. The first-order chi connectivity index (χ1) is 8.75. The molecule has 0 aromatic carbocycles. The van der Waals surface area contributed by atoms with E-state index in [1.807, 2.05) is 11.8 Å². The zero-order valence-electron chi connectivity index (χ0n) is 11.4. The monoisotopic (exact) mass is 270 g/mol. The topological polar surface area (TPSA) is 41.1 Å². The van der Waals surface area contributed by atoms with Crippen LogP contribution in [0.1, 0.15) is 39.0 Å². The zero-order chi connectivity index (χ0) is 12.8. The summed E-state index contributed by atoms with van der Waals surface area (Å²) in [4.78, 5) is 12.0. The predicted octanol–water partition coefficient (Wildman–Crippen LogP) is 2.02. The quantitative estimate of drug-likeness (QED) is 0.821. The van der Waals surface area contributed by atoms with Crippen LogP contribution >= 0.6 is 11.8 Å². The van der Waals surface area contributed by atoms with Crippen LogP contribution in [0.3, 0.4) is 0 Å². The van der Waals surface area contributed by atoms with Crippen LogP contribution in [0.2, 0.25) is 0 Å². The molecule has 4 heteroatoms. The van der Waals surface area contributed by atoms with Gasteiger partial charge in [-0.1, -0.05) is 6.92 Å². The normalized spacial score (nSPS) is 24.7. The molecule has 2 aliphatic rings. The van der Waals surface area contributed by atoms with Crippen molar-refractivity contribution >= 4 is 17.7 Å². The van der Waals surface area contributed by atoms with Crippen molar-refractivity contribution < 1.29 is 4.79 Å². The Hall–Kier alpha value is -0.220. The van der Waals surface area contributed by atoms with Crippen LogP contribution in [0, 0.1) is 11.8 Å². The van der Waals surface area contributed by atoms with E-state index in [0.717, 1.165) is 31.8 Å². The van der Waals surface area contributed by atoms with E-state index in [2.05, 4.69) is 17.6 Å². The Labute approximate surface area is 115 Å². The highest BCUT2D eigenvalue weighted by molar-refractivity contribution is 7.99. The maximum Gasteiger partial charge on any atom is 0.220 e. The van der Waals surface area contributed by atoms with E-state index >= 15 is 0 Å². The maximum absolute atomic E-state index is 12.0. The first kappa shape index (κ1) is 14.2. The molecule has 2 N–H and O–H groups in total. The van der Waals surface area contributed by atoms with Gasteiger partial charge in [-0.2, -0.15) is 11.8 Å². The average Bonchev–Trinajstić information content (AvgIpc) is 2.40. The summed E-state index contributed by atoms with van der Waals surface area (Å²) < 4.78 is 0. The van der Waals surface area contributed by atoms with Gasteiger partial charge in [-0.05, 0) is 62.1 Å². The van der Waals surface area contributed by atoms with Crippen molar-refractivity contribution in [3.63, 3.8) is 0 Å². The lowest BCUT2D eigenvalue weighted by molar-refractivity contribution is -0.123. The summed E-state index contributed by atoms with van der Waals surface area (Å²) in [6.45, 7) is 4.49. The van der Waals surface area contributed by atoms with Gasteiger partial charge in [-0.3, -0.25) is 4.79 Å². The first-order valence-electron chi connectivity index (χ1n) is 7.33. The number of thioether (sulfide) groups is 1. The lowest BCUT2D eigenvalue weighted by Crippen LogP contribution is -2.39. The van der Waals surface area contributed by atoms with Crippen molar-refractivity contribution in [1.82, 2.24) is 10.6 Å². The number of carbonyl (C=O) groups is 1. The Balaban J connectivity index is 1.68. The molecule has 2 heterocycles. The van der Waals surface area contributed by atoms with Gasteiger partial charge in [0.1, 0.15) is 0 Å². The molecular weight excluding hydrogens is 244 g/mol. The number of hydrogen-bond donors (Lipinski definition) is 2.